The minimum atomic E-state index is -2.74. The first-order valence-corrected chi connectivity index (χ1v) is 17.7. The molecule has 0 radical (unpaired) electrons. The Morgan fingerprint density at radius 3 is 2.65 bits per heavy atom. The van der Waals surface area contributed by atoms with Gasteiger partial charge >= 0.3 is 6.01 Å². The van der Waals surface area contributed by atoms with Gasteiger partial charge in [0.25, 0.3) is 6.43 Å². The average molecular weight is 717 g/mol. The van der Waals surface area contributed by atoms with Gasteiger partial charge in [-0.25, -0.2) is 17.6 Å². The van der Waals surface area contributed by atoms with Crippen LogP contribution in [0, 0.1) is 28.9 Å². The molecule has 258 valence electrons. The Balaban J connectivity index is 1.37. The second-order valence-corrected chi connectivity index (χ2v) is 14.6. The molecule has 2 atom stereocenters. The Morgan fingerprint density at radius 2 is 1.94 bits per heavy atom. The monoisotopic (exact) mass is 716 g/mol. The SMILES string of the molecule is N#Cc1c(N)sc2c(F)ccc(-c3c(Cl)c4c5c(nc(OCC67CCCN6CCC7)nc5c3F)N(CC(F)F)C(C3CCOC3)CCO4)c12. The summed E-state index contributed by atoms with van der Waals surface area (Å²) in [6, 6.07) is 3.89. The van der Waals surface area contributed by atoms with Crippen molar-refractivity contribution in [3.05, 3.63) is 34.4 Å². The van der Waals surface area contributed by atoms with E-state index in [2.05, 4.69) is 9.88 Å². The summed E-state index contributed by atoms with van der Waals surface area (Å²) in [4.78, 5) is 13.2. The molecule has 2 aromatic heterocycles. The van der Waals surface area contributed by atoms with Crippen LogP contribution in [0.15, 0.2) is 12.1 Å². The fourth-order valence-corrected chi connectivity index (χ4v) is 9.64. The van der Waals surface area contributed by atoms with Crippen molar-refractivity contribution in [1.29, 1.82) is 5.26 Å². The van der Waals surface area contributed by atoms with Gasteiger partial charge in [0.15, 0.2) is 11.6 Å². The number of fused-ring (bicyclic) bond motifs is 2. The number of aromatic nitrogens is 2. The molecule has 2 N–H and O–H groups in total. The summed E-state index contributed by atoms with van der Waals surface area (Å²) in [6.45, 7) is 2.46. The van der Waals surface area contributed by atoms with Gasteiger partial charge < -0.3 is 24.8 Å². The van der Waals surface area contributed by atoms with Crippen LogP contribution >= 0.6 is 22.9 Å². The summed E-state index contributed by atoms with van der Waals surface area (Å²) >= 11 is 7.89. The van der Waals surface area contributed by atoms with Crippen molar-refractivity contribution in [2.75, 3.05) is 56.7 Å². The Kier molecular flexibility index (Phi) is 8.37. The number of hydrogen-bond donors (Lipinski definition) is 1. The number of hydrogen-bond acceptors (Lipinski definition) is 10. The molecular weight excluding hydrogens is 684 g/mol. The Hall–Kier alpha value is -3.64. The third-order valence-electron chi connectivity index (χ3n) is 10.6. The van der Waals surface area contributed by atoms with Gasteiger partial charge in [0.05, 0.1) is 46.0 Å². The van der Waals surface area contributed by atoms with Crippen molar-refractivity contribution in [1.82, 2.24) is 14.9 Å². The molecule has 0 spiro atoms. The average Bonchev–Trinajstić information content (AvgIpc) is 3.87. The molecule has 6 heterocycles. The van der Waals surface area contributed by atoms with Crippen LogP contribution in [0.2, 0.25) is 5.02 Å². The van der Waals surface area contributed by atoms with E-state index >= 15 is 8.78 Å². The van der Waals surface area contributed by atoms with Crippen LogP contribution < -0.4 is 20.1 Å². The lowest BCUT2D eigenvalue weighted by Crippen LogP contribution is -2.46. The number of nitriles is 1. The van der Waals surface area contributed by atoms with Gasteiger partial charge in [-0.15, -0.1) is 11.3 Å². The highest BCUT2D eigenvalue weighted by Crippen LogP contribution is 2.51. The lowest BCUT2D eigenvalue weighted by Gasteiger charge is -2.38. The third-order valence-corrected chi connectivity index (χ3v) is 12.0. The molecule has 4 aliphatic heterocycles. The number of benzene rings is 2. The molecular formula is C34H33ClF4N6O3S. The topological polar surface area (TPSA) is 110 Å². The van der Waals surface area contributed by atoms with E-state index in [4.69, 9.17) is 36.5 Å². The van der Waals surface area contributed by atoms with Crippen LogP contribution in [0.25, 0.3) is 32.1 Å². The molecule has 0 saturated carbocycles. The number of nitrogen functional groups attached to an aromatic ring is 1. The number of rotatable bonds is 7. The smallest absolute Gasteiger partial charge is 0.319 e. The number of alkyl halides is 2. The van der Waals surface area contributed by atoms with Gasteiger partial charge in [0, 0.05) is 35.9 Å². The van der Waals surface area contributed by atoms with Crippen LogP contribution in [0.5, 0.6) is 11.8 Å². The molecule has 9 nitrogen and oxygen atoms in total. The summed E-state index contributed by atoms with van der Waals surface area (Å²) in [7, 11) is 0. The van der Waals surface area contributed by atoms with E-state index < -0.39 is 30.6 Å². The van der Waals surface area contributed by atoms with Crippen molar-refractivity contribution >= 4 is 54.7 Å². The number of ether oxygens (including phenoxy) is 3. The first kappa shape index (κ1) is 32.6. The third kappa shape index (κ3) is 5.32. The highest BCUT2D eigenvalue weighted by atomic mass is 35.5. The minimum Gasteiger partial charge on any atom is -0.491 e. The van der Waals surface area contributed by atoms with Crippen LogP contribution in [0.4, 0.5) is 28.4 Å². The molecule has 15 heteroatoms. The molecule has 0 bridgehead atoms. The van der Waals surface area contributed by atoms with Crippen molar-refractivity contribution < 1.29 is 31.8 Å². The van der Waals surface area contributed by atoms with Crippen LogP contribution in [-0.2, 0) is 4.74 Å². The van der Waals surface area contributed by atoms with Crippen LogP contribution in [0.3, 0.4) is 0 Å². The molecule has 4 aromatic rings. The van der Waals surface area contributed by atoms with E-state index in [1.807, 2.05) is 6.07 Å². The summed E-state index contributed by atoms with van der Waals surface area (Å²) < 4.78 is 79.4. The number of halogens is 5. The molecule has 49 heavy (non-hydrogen) atoms. The number of nitrogens with zero attached hydrogens (tertiary/aromatic N) is 5. The molecule has 8 rings (SSSR count). The molecule has 0 aliphatic carbocycles. The van der Waals surface area contributed by atoms with Gasteiger partial charge in [-0.1, -0.05) is 17.7 Å². The Bertz CT molecular complexity index is 1990. The summed E-state index contributed by atoms with van der Waals surface area (Å²) in [5.41, 5.74) is 5.57. The predicted molar refractivity (Wildman–Crippen MR) is 179 cm³/mol. The molecule has 2 unspecified atom stereocenters. The lowest BCUT2D eigenvalue weighted by atomic mass is 9.93. The zero-order valence-electron chi connectivity index (χ0n) is 26.4. The Labute approximate surface area is 288 Å². The fourth-order valence-electron chi connectivity index (χ4n) is 8.36. The van der Waals surface area contributed by atoms with Crippen molar-refractivity contribution in [3.8, 4) is 29.0 Å². The summed E-state index contributed by atoms with van der Waals surface area (Å²) in [6.07, 6.45) is 2.19. The van der Waals surface area contributed by atoms with Crippen LogP contribution in [-0.4, -0.2) is 78.9 Å². The summed E-state index contributed by atoms with van der Waals surface area (Å²) in [5, 5.41) is 9.98. The lowest BCUT2D eigenvalue weighted by molar-refractivity contribution is 0.107. The van der Waals surface area contributed by atoms with E-state index in [9.17, 15) is 14.0 Å². The van der Waals surface area contributed by atoms with Gasteiger partial charge in [0.2, 0.25) is 0 Å². The molecule has 3 saturated heterocycles. The number of thiophene rings is 1. The minimum absolute atomic E-state index is 0.00513. The highest BCUT2D eigenvalue weighted by molar-refractivity contribution is 7.23. The summed E-state index contributed by atoms with van der Waals surface area (Å²) in [5.74, 6) is -1.60. The van der Waals surface area contributed by atoms with Crippen molar-refractivity contribution in [3.63, 3.8) is 0 Å². The van der Waals surface area contributed by atoms with E-state index in [-0.39, 0.29) is 90.0 Å². The van der Waals surface area contributed by atoms with E-state index in [1.165, 1.54) is 11.0 Å². The van der Waals surface area contributed by atoms with Gasteiger partial charge in [0.1, 0.15) is 34.8 Å². The zero-order valence-corrected chi connectivity index (χ0v) is 28.0. The number of nitrogens with two attached hydrogens (primary N) is 1. The molecule has 2 aromatic carbocycles. The first-order valence-electron chi connectivity index (χ1n) is 16.5. The highest BCUT2D eigenvalue weighted by Gasteiger charge is 2.45. The van der Waals surface area contributed by atoms with Crippen molar-refractivity contribution in [2.24, 2.45) is 5.92 Å². The molecule has 3 fully saturated rings. The van der Waals surface area contributed by atoms with Gasteiger partial charge in [-0.2, -0.15) is 15.2 Å². The second kappa shape index (κ2) is 12.6. The largest absolute Gasteiger partial charge is 0.491 e. The fraction of sp³-hybridized carbons (Fsp3) is 0.500. The van der Waals surface area contributed by atoms with E-state index in [1.54, 1.807) is 0 Å². The zero-order chi connectivity index (χ0) is 34.0. The number of anilines is 2. The van der Waals surface area contributed by atoms with Gasteiger partial charge in [-0.05, 0) is 56.8 Å². The Morgan fingerprint density at radius 1 is 1.14 bits per heavy atom. The maximum atomic E-state index is 17.3. The van der Waals surface area contributed by atoms with Crippen molar-refractivity contribution in [2.45, 2.75) is 56.5 Å². The quantitative estimate of drug-likeness (QED) is 0.199. The first-order chi connectivity index (χ1) is 23.7. The predicted octanol–water partition coefficient (Wildman–Crippen LogP) is 7.16. The maximum absolute atomic E-state index is 17.3. The van der Waals surface area contributed by atoms with Gasteiger partial charge in [-0.3, -0.25) is 4.90 Å². The van der Waals surface area contributed by atoms with Crippen LogP contribution in [0.1, 0.15) is 44.1 Å². The van der Waals surface area contributed by atoms with E-state index in [0.29, 0.717) is 26.1 Å². The normalized spacial score (nSPS) is 22.0. The second-order valence-electron chi connectivity index (χ2n) is 13.2. The standard InChI is InChI=1S/C34H33ClF4N6O3S/c35-26-24(18-3-4-20(36)30-23(18)19(13-40)31(41)49-30)27(39)28-25-29(26)47-12-6-21(17-5-11-46-15-17)45(14-22(37)38)32(25)43-33(42-28)48-16-34-7-1-9-44(34)10-2-8-34/h3-4,17,21-22H,1-2,5-12,14-16,41H2. The van der Waals surface area contributed by atoms with E-state index in [0.717, 1.165) is 56.2 Å². The molecule has 4 aliphatic rings. The molecule has 0 amide bonds. The maximum Gasteiger partial charge on any atom is 0.319 e.